The minimum Gasteiger partial charge on any atom is -0.461 e. The summed E-state index contributed by atoms with van der Waals surface area (Å²) >= 11 is 0. The highest BCUT2D eigenvalue weighted by molar-refractivity contribution is 5.93. The molecule has 2 heterocycles. The first-order valence-corrected chi connectivity index (χ1v) is 7.86. The Balaban J connectivity index is 1.80. The maximum Gasteiger partial charge on any atom is 0.361 e. The first-order valence-electron chi connectivity index (χ1n) is 7.86. The maximum atomic E-state index is 14.4. The molecule has 8 heteroatoms. The van der Waals surface area contributed by atoms with Gasteiger partial charge in [0.05, 0.1) is 19.8 Å². The van der Waals surface area contributed by atoms with Crippen LogP contribution >= 0.6 is 0 Å². The smallest absolute Gasteiger partial charge is 0.361 e. The van der Waals surface area contributed by atoms with Crippen molar-refractivity contribution in [3.05, 3.63) is 35.3 Å². The van der Waals surface area contributed by atoms with Crippen molar-refractivity contribution < 1.29 is 18.7 Å². The third-order valence-corrected chi connectivity index (χ3v) is 3.84. The second-order valence-corrected chi connectivity index (χ2v) is 5.44. The van der Waals surface area contributed by atoms with E-state index < -0.39 is 5.97 Å². The average molecular weight is 334 g/mol. The topological polar surface area (TPSA) is 80.3 Å². The van der Waals surface area contributed by atoms with Gasteiger partial charge in [0.25, 0.3) is 0 Å². The Hall–Kier alpha value is -2.32. The molecule has 0 bridgehead atoms. The van der Waals surface area contributed by atoms with Crippen molar-refractivity contribution in [3.8, 4) is 11.3 Å². The molecule has 3 rings (SSSR count). The van der Waals surface area contributed by atoms with Crippen molar-refractivity contribution in [3.63, 3.8) is 0 Å². The van der Waals surface area contributed by atoms with E-state index in [1.165, 1.54) is 6.07 Å². The van der Waals surface area contributed by atoms with Gasteiger partial charge in [0, 0.05) is 30.8 Å². The molecule has 0 radical (unpaired) electrons. The number of aromatic nitrogens is 3. The molecule has 1 fully saturated rings. The molecule has 7 nitrogen and oxygen atoms in total. The lowest BCUT2D eigenvalue weighted by molar-refractivity contribution is 0.0337. The highest BCUT2D eigenvalue weighted by Gasteiger charge is 2.20. The van der Waals surface area contributed by atoms with E-state index in [9.17, 15) is 9.18 Å². The zero-order valence-electron chi connectivity index (χ0n) is 13.4. The van der Waals surface area contributed by atoms with Gasteiger partial charge in [-0.1, -0.05) is 12.1 Å². The molecule has 1 N–H and O–H groups in total. The summed E-state index contributed by atoms with van der Waals surface area (Å²) in [5, 5.41) is 10.1. The SMILES string of the molecule is CCOC(=O)c1n[nH]nc1-c1ccc(CN2CCOCC2)c(F)c1. The van der Waals surface area contributed by atoms with Gasteiger partial charge in [-0.15, -0.1) is 5.10 Å². The second kappa shape index (κ2) is 7.50. The summed E-state index contributed by atoms with van der Waals surface area (Å²) in [6.07, 6.45) is 0. The monoisotopic (exact) mass is 334 g/mol. The first kappa shape index (κ1) is 16.5. The summed E-state index contributed by atoms with van der Waals surface area (Å²) in [5.74, 6) is -0.921. The fraction of sp³-hybridized carbons (Fsp3) is 0.438. The van der Waals surface area contributed by atoms with E-state index in [1.807, 2.05) is 0 Å². The number of morpholine rings is 1. The van der Waals surface area contributed by atoms with E-state index in [0.717, 1.165) is 13.1 Å². The standard InChI is InChI=1S/C16H19FN4O3/c1-2-24-16(22)15-14(18-20-19-15)11-3-4-12(13(17)9-11)10-21-5-7-23-8-6-21/h3-4,9H,2,5-8,10H2,1H3,(H,18,19,20). The molecule has 1 aliphatic heterocycles. The zero-order chi connectivity index (χ0) is 16.9. The Morgan fingerprint density at radius 3 is 2.88 bits per heavy atom. The molecule has 1 saturated heterocycles. The van der Waals surface area contributed by atoms with Crippen molar-refractivity contribution >= 4 is 5.97 Å². The molecule has 0 amide bonds. The molecule has 1 aromatic carbocycles. The fourth-order valence-electron chi connectivity index (χ4n) is 2.60. The number of halogens is 1. The number of esters is 1. The molecule has 24 heavy (non-hydrogen) atoms. The van der Waals surface area contributed by atoms with Crippen molar-refractivity contribution in [2.45, 2.75) is 13.5 Å². The Bertz CT molecular complexity index is 713. The van der Waals surface area contributed by atoms with Gasteiger partial charge in [-0.2, -0.15) is 10.3 Å². The van der Waals surface area contributed by atoms with E-state index >= 15 is 0 Å². The minimum absolute atomic E-state index is 0.0529. The molecule has 0 aliphatic carbocycles. The number of nitrogens with one attached hydrogen (secondary N) is 1. The first-order chi connectivity index (χ1) is 11.7. The summed E-state index contributed by atoms with van der Waals surface area (Å²) in [7, 11) is 0. The third-order valence-electron chi connectivity index (χ3n) is 3.84. The average Bonchev–Trinajstić information content (AvgIpc) is 3.08. The number of benzene rings is 1. The third kappa shape index (κ3) is 3.60. The second-order valence-electron chi connectivity index (χ2n) is 5.44. The predicted octanol–water partition coefficient (Wildman–Crippen LogP) is 1.62. The van der Waals surface area contributed by atoms with E-state index in [-0.39, 0.29) is 23.8 Å². The van der Waals surface area contributed by atoms with Crippen LogP contribution in [0, 0.1) is 5.82 Å². The largest absolute Gasteiger partial charge is 0.461 e. The van der Waals surface area contributed by atoms with E-state index in [2.05, 4.69) is 20.3 Å². The number of hydrogen-bond acceptors (Lipinski definition) is 6. The van der Waals surface area contributed by atoms with Gasteiger partial charge < -0.3 is 9.47 Å². The Kier molecular flexibility index (Phi) is 5.17. The lowest BCUT2D eigenvalue weighted by Gasteiger charge is -2.26. The molecule has 0 unspecified atom stereocenters. The quantitative estimate of drug-likeness (QED) is 0.837. The minimum atomic E-state index is -0.584. The van der Waals surface area contributed by atoms with E-state index in [1.54, 1.807) is 19.1 Å². The van der Waals surface area contributed by atoms with Gasteiger partial charge >= 0.3 is 5.97 Å². The van der Waals surface area contributed by atoms with Crippen molar-refractivity contribution in [1.29, 1.82) is 0 Å². The summed E-state index contributed by atoms with van der Waals surface area (Å²) in [4.78, 5) is 14.0. The summed E-state index contributed by atoms with van der Waals surface area (Å²) in [6, 6.07) is 4.82. The molecule has 2 aromatic rings. The molecule has 128 valence electrons. The van der Waals surface area contributed by atoms with Crippen molar-refractivity contribution in [1.82, 2.24) is 20.3 Å². The molecule has 0 spiro atoms. The Morgan fingerprint density at radius 1 is 1.38 bits per heavy atom. The van der Waals surface area contributed by atoms with Crippen molar-refractivity contribution in [2.75, 3.05) is 32.9 Å². The van der Waals surface area contributed by atoms with Crippen LogP contribution in [0.4, 0.5) is 4.39 Å². The summed E-state index contributed by atoms with van der Waals surface area (Å²) in [6.45, 7) is 5.38. The van der Waals surface area contributed by atoms with Gasteiger partial charge in [0.2, 0.25) is 0 Å². The van der Waals surface area contributed by atoms with Crippen LogP contribution in [0.15, 0.2) is 18.2 Å². The van der Waals surface area contributed by atoms with Gasteiger partial charge in [0.1, 0.15) is 11.5 Å². The number of carbonyl (C=O) groups excluding carboxylic acids is 1. The Labute approximate surface area is 138 Å². The Morgan fingerprint density at radius 2 is 2.17 bits per heavy atom. The molecule has 1 aromatic heterocycles. The van der Waals surface area contributed by atoms with Crippen molar-refractivity contribution in [2.24, 2.45) is 0 Å². The normalized spacial score (nSPS) is 15.4. The highest BCUT2D eigenvalue weighted by atomic mass is 19.1. The van der Waals surface area contributed by atoms with Gasteiger partial charge in [0.15, 0.2) is 5.69 Å². The van der Waals surface area contributed by atoms with Crippen LogP contribution < -0.4 is 0 Å². The molecule has 1 aliphatic rings. The van der Waals surface area contributed by atoms with Crippen LogP contribution in [0.5, 0.6) is 0 Å². The molecular formula is C16H19FN4O3. The lowest BCUT2D eigenvalue weighted by atomic mass is 10.1. The number of H-pyrrole nitrogens is 1. The summed E-state index contributed by atoms with van der Waals surface area (Å²) in [5.41, 5.74) is 1.42. The molecule has 0 saturated carbocycles. The van der Waals surface area contributed by atoms with Gasteiger partial charge in [-0.3, -0.25) is 4.90 Å². The zero-order valence-corrected chi connectivity index (χ0v) is 13.4. The van der Waals surface area contributed by atoms with Crippen LogP contribution in [0.25, 0.3) is 11.3 Å². The number of ether oxygens (including phenoxy) is 2. The van der Waals surface area contributed by atoms with Crippen LogP contribution in [0.2, 0.25) is 0 Å². The lowest BCUT2D eigenvalue weighted by Crippen LogP contribution is -2.35. The predicted molar refractivity (Wildman–Crippen MR) is 83.8 cm³/mol. The fourth-order valence-corrected chi connectivity index (χ4v) is 2.60. The number of carbonyl (C=O) groups is 1. The molecular weight excluding hydrogens is 315 g/mol. The van der Waals surface area contributed by atoms with Gasteiger partial charge in [-0.25, -0.2) is 9.18 Å². The van der Waals surface area contributed by atoms with E-state index in [0.29, 0.717) is 30.9 Å². The van der Waals surface area contributed by atoms with E-state index in [4.69, 9.17) is 9.47 Å². The number of aromatic amines is 1. The highest BCUT2D eigenvalue weighted by Crippen LogP contribution is 2.23. The number of rotatable bonds is 5. The van der Waals surface area contributed by atoms with Crippen LogP contribution in [0.1, 0.15) is 23.0 Å². The maximum absolute atomic E-state index is 14.4. The van der Waals surface area contributed by atoms with Crippen LogP contribution in [-0.2, 0) is 16.0 Å². The van der Waals surface area contributed by atoms with Crippen LogP contribution in [0.3, 0.4) is 0 Å². The van der Waals surface area contributed by atoms with Gasteiger partial charge in [-0.05, 0) is 13.0 Å². The number of hydrogen-bond donors (Lipinski definition) is 1. The summed E-state index contributed by atoms with van der Waals surface area (Å²) < 4.78 is 24.7. The van der Waals surface area contributed by atoms with Crippen LogP contribution in [-0.4, -0.2) is 59.2 Å². The molecule has 0 atom stereocenters. The number of nitrogens with zero attached hydrogens (tertiary/aromatic N) is 3.